The largest absolute Gasteiger partial charge is 0.325 e. The molecule has 1 N–H and O–H groups in total. The average molecular weight is 352 g/mol. The number of hydrogen-bond acceptors (Lipinski definition) is 4. The number of benzene rings is 1. The van der Waals surface area contributed by atoms with Crippen LogP contribution in [0.3, 0.4) is 0 Å². The second-order valence-electron chi connectivity index (χ2n) is 6.92. The third kappa shape index (κ3) is 3.05. The van der Waals surface area contributed by atoms with E-state index >= 15 is 0 Å². The Morgan fingerprint density at radius 3 is 2.04 bits per heavy atom. The minimum Gasteiger partial charge on any atom is -0.323 e. The molecule has 1 aliphatic rings. The van der Waals surface area contributed by atoms with Crippen LogP contribution >= 0.6 is 0 Å². The zero-order valence-electron chi connectivity index (χ0n) is 14.7. The molecule has 1 atom stereocenters. The lowest BCUT2D eigenvalue weighted by Crippen LogP contribution is -2.48. The Bertz CT molecular complexity index is 753. The van der Waals surface area contributed by atoms with Gasteiger partial charge in [0.15, 0.2) is 9.84 Å². The van der Waals surface area contributed by atoms with Crippen molar-refractivity contribution in [3.63, 3.8) is 0 Å². The first kappa shape index (κ1) is 18.4. The molecule has 0 spiro atoms. The average Bonchev–Trinajstić information content (AvgIpc) is 2.72. The molecular formula is C17H24N2O4S. The van der Waals surface area contributed by atoms with E-state index in [0.29, 0.717) is 5.56 Å². The van der Waals surface area contributed by atoms with E-state index in [0.717, 1.165) is 0 Å². The highest BCUT2D eigenvalue weighted by atomic mass is 32.2. The van der Waals surface area contributed by atoms with Gasteiger partial charge in [-0.2, -0.15) is 0 Å². The van der Waals surface area contributed by atoms with Crippen LogP contribution in [0.2, 0.25) is 0 Å². The summed E-state index contributed by atoms with van der Waals surface area (Å²) in [7, 11) is -3.33. The lowest BCUT2D eigenvalue weighted by Gasteiger charge is -2.25. The van der Waals surface area contributed by atoms with Crippen molar-refractivity contribution < 1.29 is 18.0 Å². The number of hydrogen-bond donors (Lipinski definition) is 1. The number of sulfone groups is 1. The van der Waals surface area contributed by atoms with Crippen molar-refractivity contribution in [3.8, 4) is 0 Å². The van der Waals surface area contributed by atoms with Gasteiger partial charge < -0.3 is 5.32 Å². The van der Waals surface area contributed by atoms with E-state index in [1.54, 1.807) is 32.9 Å². The van der Waals surface area contributed by atoms with Crippen LogP contribution < -0.4 is 5.32 Å². The fraction of sp³-hybridized carbons (Fsp3) is 0.529. The van der Waals surface area contributed by atoms with Crippen LogP contribution in [0.15, 0.2) is 29.2 Å². The quantitative estimate of drug-likeness (QED) is 0.825. The third-order valence-electron chi connectivity index (χ3n) is 4.67. The smallest absolute Gasteiger partial charge is 0.323 e. The molecule has 1 aliphatic heterocycles. The molecule has 0 saturated carbocycles. The molecule has 2 rings (SSSR count). The van der Waals surface area contributed by atoms with E-state index in [4.69, 9.17) is 0 Å². The lowest BCUT2D eigenvalue weighted by molar-refractivity contribution is -0.132. The summed E-state index contributed by atoms with van der Waals surface area (Å²) in [5.41, 5.74) is -0.202. The van der Waals surface area contributed by atoms with Crippen LogP contribution in [0.1, 0.15) is 40.2 Å². The SMILES string of the molecule is CC(C)C1(C)NC(=O)N(Cc2ccc(S(=O)(=O)C(C)C)cc2)C1=O. The number of nitrogens with zero attached hydrogens (tertiary/aromatic N) is 1. The van der Waals surface area contributed by atoms with Crippen LogP contribution in [-0.2, 0) is 21.2 Å². The van der Waals surface area contributed by atoms with E-state index in [1.165, 1.54) is 17.0 Å². The van der Waals surface area contributed by atoms with E-state index in [-0.39, 0.29) is 23.3 Å². The monoisotopic (exact) mass is 352 g/mol. The molecule has 1 aromatic rings. The maximum atomic E-state index is 12.5. The van der Waals surface area contributed by atoms with Crippen molar-refractivity contribution in [2.24, 2.45) is 5.92 Å². The van der Waals surface area contributed by atoms with Crippen molar-refractivity contribution in [3.05, 3.63) is 29.8 Å². The van der Waals surface area contributed by atoms with Crippen LogP contribution in [0.25, 0.3) is 0 Å². The highest BCUT2D eigenvalue weighted by Gasteiger charge is 2.49. The van der Waals surface area contributed by atoms with Crippen molar-refractivity contribution in [2.45, 2.75) is 56.8 Å². The third-order valence-corrected chi connectivity index (χ3v) is 6.84. The summed E-state index contributed by atoms with van der Waals surface area (Å²) in [4.78, 5) is 26.1. The Morgan fingerprint density at radius 1 is 1.08 bits per heavy atom. The normalized spacial score (nSPS) is 21.7. The van der Waals surface area contributed by atoms with Crippen LogP contribution in [0, 0.1) is 5.92 Å². The molecule has 3 amide bonds. The molecule has 1 heterocycles. The molecule has 1 aromatic carbocycles. The van der Waals surface area contributed by atoms with Crippen molar-refractivity contribution >= 4 is 21.8 Å². The molecule has 132 valence electrons. The van der Waals surface area contributed by atoms with Gasteiger partial charge in [-0.05, 0) is 44.4 Å². The highest BCUT2D eigenvalue weighted by Crippen LogP contribution is 2.27. The zero-order chi connectivity index (χ0) is 18.3. The summed E-state index contributed by atoms with van der Waals surface area (Å²) < 4.78 is 24.2. The molecular weight excluding hydrogens is 328 g/mol. The van der Waals surface area contributed by atoms with Gasteiger partial charge in [-0.25, -0.2) is 13.2 Å². The van der Waals surface area contributed by atoms with Gasteiger partial charge in [0.25, 0.3) is 5.91 Å². The number of rotatable bonds is 5. The molecule has 24 heavy (non-hydrogen) atoms. The van der Waals surface area contributed by atoms with Gasteiger partial charge in [-0.1, -0.05) is 26.0 Å². The Hall–Kier alpha value is -1.89. The molecule has 0 bridgehead atoms. The molecule has 7 heteroatoms. The molecule has 0 radical (unpaired) electrons. The van der Waals surface area contributed by atoms with Gasteiger partial charge >= 0.3 is 6.03 Å². The number of amides is 3. The number of imide groups is 1. The molecule has 6 nitrogen and oxygen atoms in total. The van der Waals surface area contributed by atoms with Crippen molar-refractivity contribution in [1.82, 2.24) is 10.2 Å². The summed E-state index contributed by atoms with van der Waals surface area (Å²) in [6, 6.07) is 5.90. The van der Waals surface area contributed by atoms with Crippen LogP contribution in [0.4, 0.5) is 4.79 Å². The van der Waals surface area contributed by atoms with Gasteiger partial charge in [0.05, 0.1) is 16.7 Å². The first-order chi connectivity index (χ1) is 11.0. The zero-order valence-corrected chi connectivity index (χ0v) is 15.5. The molecule has 1 fully saturated rings. The van der Waals surface area contributed by atoms with E-state index < -0.39 is 26.7 Å². The number of nitrogens with one attached hydrogen (secondary N) is 1. The lowest BCUT2D eigenvalue weighted by atomic mass is 9.88. The Labute approximate surface area is 143 Å². The predicted molar refractivity (Wildman–Crippen MR) is 91.1 cm³/mol. The predicted octanol–water partition coefficient (Wildman–Crippen LogP) is 2.34. The second kappa shape index (κ2) is 6.20. The molecule has 0 aromatic heterocycles. The fourth-order valence-electron chi connectivity index (χ4n) is 2.49. The van der Waals surface area contributed by atoms with Crippen molar-refractivity contribution in [2.75, 3.05) is 0 Å². The summed E-state index contributed by atoms with van der Waals surface area (Å²) in [5, 5.41) is 2.24. The highest BCUT2D eigenvalue weighted by molar-refractivity contribution is 7.92. The molecule has 1 unspecified atom stereocenters. The van der Waals surface area contributed by atoms with Gasteiger partial charge in [0, 0.05) is 0 Å². The molecule has 1 saturated heterocycles. The standard InChI is InChI=1S/C17H24N2O4S/c1-11(2)17(5)15(20)19(16(21)18-17)10-13-6-8-14(9-7-13)24(22,23)12(3)4/h6-9,11-12H,10H2,1-5H3,(H,18,21). The maximum absolute atomic E-state index is 12.5. The summed E-state index contributed by atoms with van der Waals surface area (Å²) in [5.74, 6) is -0.293. The van der Waals surface area contributed by atoms with E-state index in [1.807, 2.05) is 13.8 Å². The van der Waals surface area contributed by atoms with Gasteiger partial charge in [-0.15, -0.1) is 0 Å². The summed E-state index contributed by atoms with van der Waals surface area (Å²) in [6.07, 6.45) is 0. The van der Waals surface area contributed by atoms with E-state index in [2.05, 4.69) is 5.32 Å². The molecule has 0 aliphatic carbocycles. The minimum atomic E-state index is -3.33. The Balaban J connectivity index is 2.21. The first-order valence-electron chi connectivity index (χ1n) is 7.97. The number of carbonyl (C=O) groups excluding carboxylic acids is 2. The second-order valence-corrected chi connectivity index (χ2v) is 9.42. The first-order valence-corrected chi connectivity index (χ1v) is 9.51. The van der Waals surface area contributed by atoms with Crippen LogP contribution in [0.5, 0.6) is 0 Å². The Morgan fingerprint density at radius 2 is 1.62 bits per heavy atom. The Kier molecular flexibility index (Phi) is 4.77. The van der Waals surface area contributed by atoms with Crippen LogP contribution in [-0.4, -0.2) is 36.0 Å². The number of carbonyl (C=O) groups is 2. The number of urea groups is 1. The van der Waals surface area contributed by atoms with E-state index in [9.17, 15) is 18.0 Å². The van der Waals surface area contributed by atoms with Gasteiger partial charge in [-0.3, -0.25) is 9.69 Å². The minimum absolute atomic E-state index is 0.0301. The topological polar surface area (TPSA) is 83.6 Å². The fourth-order valence-corrected chi connectivity index (χ4v) is 3.55. The maximum Gasteiger partial charge on any atom is 0.325 e. The van der Waals surface area contributed by atoms with Gasteiger partial charge in [0.2, 0.25) is 0 Å². The van der Waals surface area contributed by atoms with Crippen molar-refractivity contribution in [1.29, 1.82) is 0 Å². The van der Waals surface area contributed by atoms with Gasteiger partial charge in [0.1, 0.15) is 5.54 Å². The summed E-state index contributed by atoms with van der Waals surface area (Å²) in [6.45, 7) is 8.86. The summed E-state index contributed by atoms with van der Waals surface area (Å²) >= 11 is 0.